The minimum absolute atomic E-state index is 0.0490. The van der Waals surface area contributed by atoms with Crippen LogP contribution in [0.15, 0.2) is 41.3 Å². The average molecular weight is 484 g/mol. The third-order valence-electron chi connectivity index (χ3n) is 4.80. The highest BCUT2D eigenvalue weighted by atomic mass is 35.5. The SMILES string of the molecule is CCOC(=O)/C=C/c1cccc(F)c1-c1cc(C)c(S(=O)(=O)N(C)CC(C)CO)c(Cl)c1. The molecule has 0 aromatic heterocycles. The number of aliphatic hydroxyl groups excluding tert-OH is 1. The van der Waals surface area contributed by atoms with E-state index >= 15 is 0 Å². The standard InChI is InChI=1S/C23H27ClFNO5S/c1-5-31-21(28)10-9-17-7-6-8-20(25)22(17)18-11-16(3)23(19(24)12-18)32(29,30)26(4)13-15(2)14-27/h6-12,15,27H,5,13-14H2,1-4H3/b10-9+. The van der Waals surface area contributed by atoms with E-state index in [1.807, 2.05) is 0 Å². The molecule has 0 aliphatic rings. The maximum atomic E-state index is 14.8. The van der Waals surface area contributed by atoms with Gasteiger partial charge in [-0.1, -0.05) is 30.7 Å². The van der Waals surface area contributed by atoms with Crippen LogP contribution in [0.25, 0.3) is 17.2 Å². The fraction of sp³-hybridized carbons (Fsp3) is 0.348. The Morgan fingerprint density at radius 2 is 2.03 bits per heavy atom. The summed E-state index contributed by atoms with van der Waals surface area (Å²) in [5, 5.41) is 9.18. The van der Waals surface area contributed by atoms with Gasteiger partial charge >= 0.3 is 5.97 Å². The first-order valence-electron chi connectivity index (χ1n) is 10.0. The maximum absolute atomic E-state index is 14.8. The number of hydrogen-bond donors (Lipinski definition) is 1. The largest absolute Gasteiger partial charge is 0.463 e. The summed E-state index contributed by atoms with van der Waals surface area (Å²) in [6, 6.07) is 7.35. The molecule has 0 fully saturated rings. The van der Waals surface area contributed by atoms with Gasteiger partial charge in [-0.2, -0.15) is 0 Å². The molecule has 0 amide bonds. The number of carbonyl (C=O) groups is 1. The summed E-state index contributed by atoms with van der Waals surface area (Å²) in [4.78, 5) is 11.6. The van der Waals surface area contributed by atoms with Gasteiger partial charge < -0.3 is 9.84 Å². The maximum Gasteiger partial charge on any atom is 0.330 e. The summed E-state index contributed by atoms with van der Waals surface area (Å²) in [7, 11) is -2.51. The van der Waals surface area contributed by atoms with Gasteiger partial charge in [-0.05, 0) is 60.7 Å². The smallest absolute Gasteiger partial charge is 0.330 e. The minimum atomic E-state index is -3.93. The van der Waals surface area contributed by atoms with Gasteiger partial charge in [-0.15, -0.1) is 0 Å². The third-order valence-corrected chi connectivity index (χ3v) is 7.24. The van der Waals surface area contributed by atoms with Crippen molar-refractivity contribution in [3.8, 4) is 11.1 Å². The zero-order valence-electron chi connectivity index (χ0n) is 18.4. The van der Waals surface area contributed by atoms with Gasteiger partial charge in [0.05, 0.1) is 11.6 Å². The Morgan fingerprint density at radius 1 is 1.34 bits per heavy atom. The van der Waals surface area contributed by atoms with Crippen LogP contribution in [0.1, 0.15) is 25.0 Å². The Bertz CT molecular complexity index is 1090. The Hall–Kier alpha value is -2.26. The number of carbonyl (C=O) groups excluding carboxylic acids is 1. The molecule has 0 heterocycles. The molecule has 2 rings (SSSR count). The number of sulfonamides is 1. The van der Waals surface area contributed by atoms with Gasteiger partial charge in [0.25, 0.3) is 0 Å². The van der Waals surface area contributed by atoms with Gasteiger partial charge in [-0.25, -0.2) is 21.9 Å². The number of ether oxygens (including phenoxy) is 1. The molecule has 1 N–H and O–H groups in total. The van der Waals surface area contributed by atoms with Crippen molar-refractivity contribution in [2.75, 3.05) is 26.8 Å². The number of rotatable bonds is 9. The monoisotopic (exact) mass is 483 g/mol. The number of esters is 1. The van der Waals surface area contributed by atoms with E-state index in [-0.39, 0.29) is 41.2 Å². The molecule has 0 aliphatic carbocycles. The van der Waals surface area contributed by atoms with Crippen molar-refractivity contribution in [3.63, 3.8) is 0 Å². The van der Waals surface area contributed by atoms with Crippen LogP contribution in [-0.4, -0.2) is 50.6 Å². The van der Waals surface area contributed by atoms with E-state index in [0.29, 0.717) is 16.7 Å². The zero-order valence-corrected chi connectivity index (χ0v) is 20.0. The predicted molar refractivity (Wildman–Crippen MR) is 123 cm³/mol. The van der Waals surface area contributed by atoms with Crippen LogP contribution in [0.5, 0.6) is 0 Å². The summed E-state index contributed by atoms with van der Waals surface area (Å²) in [5.74, 6) is -1.35. The molecule has 1 unspecified atom stereocenters. The second-order valence-corrected chi connectivity index (χ2v) is 9.86. The first-order valence-corrected chi connectivity index (χ1v) is 11.9. The molecule has 0 spiro atoms. The Labute approximate surface area is 193 Å². The molecule has 0 radical (unpaired) electrons. The summed E-state index contributed by atoms with van der Waals surface area (Å²) >= 11 is 6.39. The van der Waals surface area contributed by atoms with Crippen LogP contribution in [0.4, 0.5) is 4.39 Å². The number of hydrogen-bond acceptors (Lipinski definition) is 5. The number of aryl methyl sites for hydroxylation is 1. The van der Waals surface area contributed by atoms with E-state index < -0.39 is 21.8 Å². The topological polar surface area (TPSA) is 83.9 Å². The van der Waals surface area contributed by atoms with E-state index in [4.69, 9.17) is 16.3 Å². The predicted octanol–water partition coefficient (Wildman–Crippen LogP) is 4.28. The van der Waals surface area contributed by atoms with Crippen LogP contribution in [0, 0.1) is 18.7 Å². The average Bonchev–Trinajstić information content (AvgIpc) is 2.71. The minimum Gasteiger partial charge on any atom is -0.463 e. The molecule has 0 bridgehead atoms. The highest BCUT2D eigenvalue weighted by Crippen LogP contribution is 2.36. The lowest BCUT2D eigenvalue weighted by Gasteiger charge is -2.22. The second kappa shape index (κ2) is 11.0. The van der Waals surface area contributed by atoms with Gasteiger partial charge in [0.15, 0.2) is 0 Å². The summed E-state index contributed by atoms with van der Waals surface area (Å²) in [5.41, 5.74) is 1.32. The number of benzene rings is 2. The Morgan fingerprint density at radius 3 is 2.62 bits per heavy atom. The van der Waals surface area contributed by atoms with Crippen molar-refractivity contribution < 1.29 is 27.4 Å². The van der Waals surface area contributed by atoms with E-state index in [2.05, 4.69) is 0 Å². The molecule has 0 saturated heterocycles. The quantitative estimate of drug-likeness (QED) is 0.425. The normalized spacial score (nSPS) is 13.0. The van der Waals surface area contributed by atoms with Crippen LogP contribution in [-0.2, 0) is 19.6 Å². The van der Waals surface area contributed by atoms with Crippen LogP contribution in [0.2, 0.25) is 5.02 Å². The van der Waals surface area contributed by atoms with Crippen LogP contribution in [0.3, 0.4) is 0 Å². The molecule has 9 heteroatoms. The number of nitrogens with zero attached hydrogens (tertiary/aromatic N) is 1. The molecule has 6 nitrogen and oxygen atoms in total. The van der Waals surface area contributed by atoms with Crippen LogP contribution < -0.4 is 0 Å². The lowest BCUT2D eigenvalue weighted by molar-refractivity contribution is -0.137. The van der Waals surface area contributed by atoms with Crippen molar-refractivity contribution in [2.45, 2.75) is 25.7 Å². The fourth-order valence-corrected chi connectivity index (χ4v) is 5.38. The molecule has 174 valence electrons. The molecular weight excluding hydrogens is 457 g/mol. The molecule has 2 aromatic carbocycles. The van der Waals surface area contributed by atoms with Crippen LogP contribution >= 0.6 is 11.6 Å². The van der Waals surface area contributed by atoms with Crippen molar-refractivity contribution in [1.29, 1.82) is 0 Å². The highest BCUT2D eigenvalue weighted by Gasteiger charge is 2.27. The number of aliphatic hydroxyl groups is 1. The second-order valence-electron chi connectivity index (χ2n) is 7.47. The molecule has 2 aromatic rings. The summed E-state index contributed by atoms with van der Waals surface area (Å²) < 4.78 is 46.9. The lowest BCUT2D eigenvalue weighted by atomic mass is 9.97. The van der Waals surface area contributed by atoms with Gasteiger partial charge in [0, 0.05) is 31.8 Å². The highest BCUT2D eigenvalue weighted by molar-refractivity contribution is 7.89. The van der Waals surface area contributed by atoms with E-state index in [1.54, 1.807) is 32.9 Å². The fourth-order valence-electron chi connectivity index (χ4n) is 3.28. The molecule has 32 heavy (non-hydrogen) atoms. The first-order chi connectivity index (χ1) is 15.0. The molecule has 0 aliphatic heterocycles. The molecule has 0 saturated carbocycles. The summed E-state index contributed by atoms with van der Waals surface area (Å²) in [6.07, 6.45) is 2.64. The zero-order chi connectivity index (χ0) is 24.1. The van der Waals surface area contributed by atoms with Crippen molar-refractivity contribution in [1.82, 2.24) is 4.31 Å². The van der Waals surface area contributed by atoms with Crippen molar-refractivity contribution >= 4 is 33.7 Å². The Kier molecular flexibility index (Phi) is 8.98. The van der Waals surface area contributed by atoms with Gasteiger partial charge in [-0.3, -0.25) is 0 Å². The number of halogens is 2. The van der Waals surface area contributed by atoms with Gasteiger partial charge in [0.2, 0.25) is 10.0 Å². The molecule has 1 atom stereocenters. The van der Waals surface area contributed by atoms with Crippen molar-refractivity contribution in [2.24, 2.45) is 5.92 Å². The van der Waals surface area contributed by atoms with Crippen molar-refractivity contribution in [3.05, 3.63) is 58.4 Å². The first kappa shape index (κ1) is 26.0. The lowest BCUT2D eigenvalue weighted by Crippen LogP contribution is -2.32. The van der Waals surface area contributed by atoms with Gasteiger partial charge in [0.1, 0.15) is 10.7 Å². The van der Waals surface area contributed by atoms with E-state index in [9.17, 15) is 22.7 Å². The van der Waals surface area contributed by atoms with E-state index in [0.717, 1.165) is 4.31 Å². The summed E-state index contributed by atoms with van der Waals surface area (Å²) in [6.45, 7) is 5.18. The Balaban J connectivity index is 2.55. The third kappa shape index (κ3) is 5.95. The van der Waals surface area contributed by atoms with E-state index in [1.165, 1.54) is 37.4 Å². The molecular formula is C23H27ClFNO5S.